The second-order valence-electron chi connectivity index (χ2n) is 4.34. The van der Waals surface area contributed by atoms with Gasteiger partial charge in [0.1, 0.15) is 0 Å². The predicted molar refractivity (Wildman–Crippen MR) is 63.0 cm³/mol. The van der Waals surface area contributed by atoms with Crippen LogP contribution in [-0.4, -0.2) is 17.3 Å². The molecule has 0 unspecified atom stereocenters. The first kappa shape index (κ1) is 11.0. The number of hydrogen-bond acceptors (Lipinski definition) is 3. The molecule has 1 saturated carbocycles. The number of nitrogens with zero attached hydrogens (tertiary/aromatic N) is 1. The number of rotatable bonds is 2. The van der Waals surface area contributed by atoms with E-state index in [2.05, 4.69) is 11.4 Å². The number of aliphatic hydroxyl groups is 1. The molecule has 0 atom stereocenters. The Hall–Kier alpha value is -1.53. The molecule has 0 aliphatic heterocycles. The first-order valence-corrected chi connectivity index (χ1v) is 5.72. The van der Waals surface area contributed by atoms with Crippen LogP contribution >= 0.6 is 0 Å². The molecule has 1 aromatic rings. The standard InChI is InChI=1S/C13H16N2O/c14-9-10-1-3-11(4-2-10)15-12-5-7-13(16)8-6-12/h1-4,12-13,15-16H,5-8H2. The fourth-order valence-electron chi connectivity index (χ4n) is 2.10. The Labute approximate surface area is 95.7 Å². The van der Waals surface area contributed by atoms with Gasteiger partial charge < -0.3 is 10.4 Å². The van der Waals surface area contributed by atoms with Crippen LogP contribution in [0, 0.1) is 11.3 Å². The van der Waals surface area contributed by atoms with Gasteiger partial charge in [0.2, 0.25) is 0 Å². The lowest BCUT2D eigenvalue weighted by molar-refractivity contribution is 0.126. The average molecular weight is 216 g/mol. The zero-order valence-corrected chi connectivity index (χ0v) is 9.19. The van der Waals surface area contributed by atoms with E-state index in [0.717, 1.165) is 31.4 Å². The van der Waals surface area contributed by atoms with Gasteiger partial charge in [-0.2, -0.15) is 5.26 Å². The van der Waals surface area contributed by atoms with Crippen LogP contribution < -0.4 is 5.32 Å². The number of nitrogens with one attached hydrogen (secondary N) is 1. The van der Waals surface area contributed by atoms with Crippen molar-refractivity contribution in [1.29, 1.82) is 5.26 Å². The summed E-state index contributed by atoms with van der Waals surface area (Å²) in [5.74, 6) is 0. The molecule has 0 radical (unpaired) electrons. The third-order valence-corrected chi connectivity index (χ3v) is 3.08. The van der Waals surface area contributed by atoms with Crippen LogP contribution in [0.15, 0.2) is 24.3 Å². The summed E-state index contributed by atoms with van der Waals surface area (Å²) in [6, 6.07) is 10.1. The minimum Gasteiger partial charge on any atom is -0.393 e. The summed E-state index contributed by atoms with van der Waals surface area (Å²) in [5.41, 5.74) is 1.74. The molecular formula is C13H16N2O. The second-order valence-corrected chi connectivity index (χ2v) is 4.34. The molecule has 0 saturated heterocycles. The van der Waals surface area contributed by atoms with Gasteiger partial charge in [0, 0.05) is 11.7 Å². The Bertz CT molecular complexity index is 372. The molecule has 1 fully saturated rings. The average Bonchev–Trinajstić information content (AvgIpc) is 2.33. The summed E-state index contributed by atoms with van der Waals surface area (Å²) in [6.07, 6.45) is 3.68. The Kier molecular flexibility index (Phi) is 3.43. The lowest BCUT2D eigenvalue weighted by atomic mass is 9.93. The minimum atomic E-state index is -0.112. The Morgan fingerprint density at radius 1 is 1.12 bits per heavy atom. The molecule has 0 heterocycles. The van der Waals surface area contributed by atoms with Crippen LogP contribution in [-0.2, 0) is 0 Å². The zero-order chi connectivity index (χ0) is 11.4. The predicted octanol–water partition coefficient (Wildman–Crippen LogP) is 2.27. The van der Waals surface area contributed by atoms with Crippen LogP contribution in [0.3, 0.4) is 0 Å². The van der Waals surface area contributed by atoms with Crippen LogP contribution in [0.25, 0.3) is 0 Å². The number of aliphatic hydroxyl groups excluding tert-OH is 1. The number of anilines is 1. The maximum atomic E-state index is 9.40. The van der Waals surface area contributed by atoms with E-state index >= 15 is 0 Å². The first-order chi connectivity index (χ1) is 7.78. The van der Waals surface area contributed by atoms with E-state index in [9.17, 15) is 5.11 Å². The SMILES string of the molecule is N#Cc1ccc(NC2CCC(O)CC2)cc1. The van der Waals surface area contributed by atoms with Crippen molar-refractivity contribution < 1.29 is 5.11 Å². The quantitative estimate of drug-likeness (QED) is 0.797. The van der Waals surface area contributed by atoms with Crippen molar-refractivity contribution >= 4 is 5.69 Å². The fraction of sp³-hybridized carbons (Fsp3) is 0.462. The van der Waals surface area contributed by atoms with E-state index < -0.39 is 0 Å². The fourth-order valence-corrected chi connectivity index (χ4v) is 2.10. The first-order valence-electron chi connectivity index (χ1n) is 5.72. The van der Waals surface area contributed by atoms with Crippen LogP contribution in [0.5, 0.6) is 0 Å². The summed E-state index contributed by atoms with van der Waals surface area (Å²) >= 11 is 0. The summed E-state index contributed by atoms with van der Waals surface area (Å²) in [7, 11) is 0. The van der Waals surface area contributed by atoms with Crippen LogP contribution in [0.4, 0.5) is 5.69 Å². The summed E-state index contributed by atoms with van der Waals surface area (Å²) in [6.45, 7) is 0. The normalized spacial score (nSPS) is 24.8. The molecule has 2 rings (SSSR count). The lowest BCUT2D eigenvalue weighted by Gasteiger charge is -2.27. The molecule has 0 amide bonds. The van der Waals surface area contributed by atoms with Gasteiger partial charge in [0.25, 0.3) is 0 Å². The molecule has 3 nitrogen and oxygen atoms in total. The number of nitriles is 1. The van der Waals surface area contributed by atoms with Gasteiger partial charge in [-0.15, -0.1) is 0 Å². The largest absolute Gasteiger partial charge is 0.393 e. The van der Waals surface area contributed by atoms with E-state index in [1.54, 1.807) is 0 Å². The van der Waals surface area contributed by atoms with Gasteiger partial charge in [0.05, 0.1) is 17.7 Å². The number of benzene rings is 1. The maximum absolute atomic E-state index is 9.40. The summed E-state index contributed by atoms with van der Waals surface area (Å²) in [4.78, 5) is 0. The highest BCUT2D eigenvalue weighted by Crippen LogP contribution is 2.22. The van der Waals surface area contributed by atoms with E-state index in [1.165, 1.54) is 0 Å². The molecule has 1 aromatic carbocycles. The van der Waals surface area contributed by atoms with E-state index in [1.807, 2.05) is 24.3 Å². The van der Waals surface area contributed by atoms with E-state index in [0.29, 0.717) is 11.6 Å². The van der Waals surface area contributed by atoms with Crippen molar-refractivity contribution in [2.75, 3.05) is 5.32 Å². The Morgan fingerprint density at radius 2 is 1.75 bits per heavy atom. The van der Waals surface area contributed by atoms with Gasteiger partial charge in [-0.1, -0.05) is 0 Å². The molecule has 1 aliphatic rings. The Morgan fingerprint density at radius 3 is 2.31 bits per heavy atom. The maximum Gasteiger partial charge on any atom is 0.0991 e. The molecular weight excluding hydrogens is 200 g/mol. The minimum absolute atomic E-state index is 0.112. The second kappa shape index (κ2) is 5.00. The van der Waals surface area contributed by atoms with E-state index in [4.69, 9.17) is 5.26 Å². The van der Waals surface area contributed by atoms with Gasteiger partial charge >= 0.3 is 0 Å². The number of hydrogen-bond donors (Lipinski definition) is 2. The third kappa shape index (κ3) is 2.74. The van der Waals surface area contributed by atoms with Gasteiger partial charge in [-0.25, -0.2) is 0 Å². The topological polar surface area (TPSA) is 56.0 Å². The van der Waals surface area contributed by atoms with Crippen LogP contribution in [0.2, 0.25) is 0 Å². The molecule has 0 aromatic heterocycles. The molecule has 1 aliphatic carbocycles. The zero-order valence-electron chi connectivity index (χ0n) is 9.19. The summed E-state index contributed by atoms with van der Waals surface area (Å²) in [5, 5.41) is 21.5. The highest BCUT2D eigenvalue weighted by atomic mass is 16.3. The van der Waals surface area contributed by atoms with Gasteiger partial charge in [0.15, 0.2) is 0 Å². The van der Waals surface area contributed by atoms with Crippen molar-refractivity contribution in [3.63, 3.8) is 0 Å². The molecule has 0 bridgehead atoms. The molecule has 0 spiro atoms. The lowest BCUT2D eigenvalue weighted by Crippen LogP contribution is -2.28. The molecule has 3 heteroatoms. The molecule has 2 N–H and O–H groups in total. The van der Waals surface area contributed by atoms with E-state index in [-0.39, 0.29) is 6.10 Å². The monoisotopic (exact) mass is 216 g/mol. The highest BCUT2D eigenvalue weighted by Gasteiger charge is 2.18. The van der Waals surface area contributed by atoms with Crippen molar-refractivity contribution in [3.05, 3.63) is 29.8 Å². The molecule has 16 heavy (non-hydrogen) atoms. The summed E-state index contributed by atoms with van der Waals surface area (Å²) < 4.78 is 0. The van der Waals surface area contributed by atoms with Crippen molar-refractivity contribution in [3.8, 4) is 6.07 Å². The smallest absolute Gasteiger partial charge is 0.0991 e. The van der Waals surface area contributed by atoms with Crippen molar-refractivity contribution in [2.24, 2.45) is 0 Å². The third-order valence-electron chi connectivity index (χ3n) is 3.08. The van der Waals surface area contributed by atoms with Crippen molar-refractivity contribution in [2.45, 2.75) is 37.8 Å². The Balaban J connectivity index is 1.91. The highest BCUT2D eigenvalue weighted by molar-refractivity contribution is 5.47. The van der Waals surface area contributed by atoms with Crippen LogP contribution in [0.1, 0.15) is 31.2 Å². The molecule has 84 valence electrons. The van der Waals surface area contributed by atoms with Gasteiger partial charge in [-0.3, -0.25) is 0 Å². The van der Waals surface area contributed by atoms with Crippen molar-refractivity contribution in [1.82, 2.24) is 0 Å². The van der Waals surface area contributed by atoms with Gasteiger partial charge in [-0.05, 0) is 49.9 Å².